The van der Waals surface area contributed by atoms with E-state index in [1.165, 1.54) is 0 Å². The summed E-state index contributed by atoms with van der Waals surface area (Å²) >= 11 is 0. The Hall–Kier alpha value is -1.14. The number of rotatable bonds is 3. The first-order valence-electron chi connectivity index (χ1n) is 5.67. The third-order valence-corrected chi connectivity index (χ3v) is 2.74. The van der Waals surface area contributed by atoms with Crippen LogP contribution >= 0.6 is 0 Å². The van der Waals surface area contributed by atoms with Crippen LogP contribution < -0.4 is 10.6 Å². The zero-order valence-electron chi connectivity index (χ0n) is 9.89. The number of piperazine rings is 1. The van der Waals surface area contributed by atoms with Crippen molar-refractivity contribution in [2.75, 3.05) is 38.1 Å². The van der Waals surface area contributed by atoms with Gasteiger partial charge < -0.3 is 20.1 Å². The van der Waals surface area contributed by atoms with Crippen molar-refractivity contribution in [1.82, 2.24) is 15.0 Å². The molecule has 0 amide bonds. The summed E-state index contributed by atoms with van der Waals surface area (Å²) in [6.45, 7) is 5.91. The van der Waals surface area contributed by atoms with Crippen molar-refractivity contribution in [3.05, 3.63) is 5.89 Å². The third-order valence-electron chi connectivity index (χ3n) is 2.74. The van der Waals surface area contributed by atoms with Crippen molar-refractivity contribution < 1.29 is 4.52 Å². The minimum Gasteiger partial charge on any atom is -0.337 e. The molecule has 2 N–H and O–H groups in total. The third kappa shape index (κ3) is 2.70. The Bertz CT molecular complexity index is 330. The molecule has 1 aromatic rings. The van der Waals surface area contributed by atoms with E-state index in [9.17, 15) is 0 Å². The monoisotopic (exact) mass is 225 g/mol. The minimum atomic E-state index is 0.0563. The maximum atomic E-state index is 5.68. The number of likely N-dealkylation sites (N-methyl/N-ethyl adjacent to an activating group) is 1. The van der Waals surface area contributed by atoms with Crippen LogP contribution in [0.25, 0.3) is 0 Å². The first kappa shape index (κ1) is 11.3. The lowest BCUT2D eigenvalue weighted by molar-refractivity contribution is 0.308. The van der Waals surface area contributed by atoms with E-state index >= 15 is 0 Å². The van der Waals surface area contributed by atoms with Gasteiger partial charge in [-0.1, -0.05) is 0 Å². The highest BCUT2D eigenvalue weighted by Gasteiger charge is 2.19. The molecule has 90 valence electrons. The molecule has 1 unspecified atom stereocenters. The highest BCUT2D eigenvalue weighted by molar-refractivity contribution is 5.28. The summed E-state index contributed by atoms with van der Waals surface area (Å²) in [6.07, 6.45) is 0.640. The van der Waals surface area contributed by atoms with Gasteiger partial charge in [0, 0.05) is 38.6 Å². The second-order valence-electron chi connectivity index (χ2n) is 4.46. The fourth-order valence-corrected chi connectivity index (χ4v) is 1.74. The van der Waals surface area contributed by atoms with E-state index in [0.717, 1.165) is 26.2 Å². The van der Waals surface area contributed by atoms with Gasteiger partial charge in [-0.25, -0.2) is 0 Å². The first-order chi connectivity index (χ1) is 7.65. The molecule has 0 bridgehead atoms. The average molecular weight is 225 g/mol. The number of nitrogens with zero attached hydrogens (tertiary/aromatic N) is 4. The predicted molar refractivity (Wildman–Crippen MR) is 61.4 cm³/mol. The molecule has 6 heteroatoms. The first-order valence-corrected chi connectivity index (χ1v) is 5.67. The molecule has 0 saturated carbocycles. The molecule has 1 fully saturated rings. The highest BCUT2D eigenvalue weighted by atomic mass is 16.5. The molecule has 2 heterocycles. The van der Waals surface area contributed by atoms with Crippen molar-refractivity contribution in [2.24, 2.45) is 5.73 Å². The number of hydrogen-bond donors (Lipinski definition) is 1. The van der Waals surface area contributed by atoms with Gasteiger partial charge in [-0.15, -0.1) is 0 Å². The van der Waals surface area contributed by atoms with Crippen LogP contribution in [-0.4, -0.2) is 54.3 Å². The molecule has 1 aromatic heterocycles. The number of aromatic nitrogens is 2. The SMILES string of the molecule is CC(N)Cc1nc(N2CCN(C)CC2)no1. The summed E-state index contributed by atoms with van der Waals surface area (Å²) in [5, 5.41) is 3.98. The van der Waals surface area contributed by atoms with Crippen molar-refractivity contribution in [3.63, 3.8) is 0 Å². The van der Waals surface area contributed by atoms with Gasteiger partial charge in [0.15, 0.2) is 0 Å². The largest absolute Gasteiger partial charge is 0.337 e. The van der Waals surface area contributed by atoms with Gasteiger partial charge in [0.1, 0.15) is 0 Å². The molecule has 1 aliphatic heterocycles. The van der Waals surface area contributed by atoms with Crippen LogP contribution in [-0.2, 0) is 6.42 Å². The van der Waals surface area contributed by atoms with E-state index in [-0.39, 0.29) is 6.04 Å². The van der Waals surface area contributed by atoms with Gasteiger partial charge in [-0.2, -0.15) is 4.98 Å². The lowest BCUT2D eigenvalue weighted by Crippen LogP contribution is -2.44. The van der Waals surface area contributed by atoms with Crippen molar-refractivity contribution in [2.45, 2.75) is 19.4 Å². The van der Waals surface area contributed by atoms with Crippen LogP contribution in [0.2, 0.25) is 0 Å². The standard InChI is InChI=1S/C10H19N5O/c1-8(11)7-9-12-10(13-16-9)15-5-3-14(2)4-6-15/h8H,3-7,11H2,1-2H3. The Labute approximate surface area is 95.4 Å². The highest BCUT2D eigenvalue weighted by Crippen LogP contribution is 2.12. The Morgan fingerprint density at radius 3 is 2.69 bits per heavy atom. The van der Waals surface area contributed by atoms with E-state index in [2.05, 4.69) is 27.0 Å². The number of nitrogens with two attached hydrogens (primary N) is 1. The van der Waals surface area contributed by atoms with Crippen molar-refractivity contribution in [1.29, 1.82) is 0 Å². The Balaban J connectivity index is 1.96. The smallest absolute Gasteiger partial charge is 0.266 e. The summed E-state index contributed by atoms with van der Waals surface area (Å²) in [7, 11) is 2.12. The molecule has 0 aliphatic carbocycles. The summed E-state index contributed by atoms with van der Waals surface area (Å²) in [4.78, 5) is 8.79. The summed E-state index contributed by atoms with van der Waals surface area (Å²) < 4.78 is 5.16. The van der Waals surface area contributed by atoms with Gasteiger partial charge in [0.2, 0.25) is 5.89 Å². The van der Waals surface area contributed by atoms with Crippen LogP contribution in [0.1, 0.15) is 12.8 Å². The molecule has 1 aliphatic rings. The molecule has 1 saturated heterocycles. The Morgan fingerprint density at radius 1 is 1.38 bits per heavy atom. The fraction of sp³-hybridized carbons (Fsp3) is 0.800. The lowest BCUT2D eigenvalue weighted by atomic mass is 10.2. The van der Waals surface area contributed by atoms with Crippen LogP contribution in [0.5, 0.6) is 0 Å². The summed E-state index contributed by atoms with van der Waals surface area (Å²) in [6, 6.07) is 0.0563. The number of anilines is 1. The summed E-state index contributed by atoms with van der Waals surface area (Å²) in [5.74, 6) is 1.33. The van der Waals surface area contributed by atoms with Crippen LogP contribution in [0.4, 0.5) is 5.95 Å². The fourth-order valence-electron chi connectivity index (χ4n) is 1.74. The quantitative estimate of drug-likeness (QED) is 0.762. The van der Waals surface area contributed by atoms with Crippen LogP contribution in [0, 0.1) is 0 Å². The van der Waals surface area contributed by atoms with Crippen molar-refractivity contribution in [3.8, 4) is 0 Å². The van der Waals surface area contributed by atoms with Crippen LogP contribution in [0.3, 0.4) is 0 Å². The van der Waals surface area contributed by atoms with Gasteiger partial charge in [-0.05, 0) is 19.1 Å². The van der Waals surface area contributed by atoms with Gasteiger partial charge in [0.25, 0.3) is 5.95 Å². The number of hydrogen-bond acceptors (Lipinski definition) is 6. The van der Waals surface area contributed by atoms with Crippen molar-refractivity contribution >= 4 is 5.95 Å². The van der Waals surface area contributed by atoms with E-state index in [1.54, 1.807) is 0 Å². The van der Waals surface area contributed by atoms with Gasteiger partial charge in [-0.3, -0.25) is 0 Å². The summed E-state index contributed by atoms with van der Waals surface area (Å²) in [5.41, 5.74) is 5.68. The van der Waals surface area contributed by atoms with E-state index < -0.39 is 0 Å². The molecule has 0 spiro atoms. The zero-order chi connectivity index (χ0) is 11.5. The van der Waals surface area contributed by atoms with E-state index in [0.29, 0.717) is 18.3 Å². The molecule has 16 heavy (non-hydrogen) atoms. The molecule has 6 nitrogen and oxygen atoms in total. The van der Waals surface area contributed by atoms with Gasteiger partial charge in [0.05, 0.1) is 0 Å². The predicted octanol–water partition coefficient (Wildman–Crippen LogP) is -0.289. The second-order valence-corrected chi connectivity index (χ2v) is 4.46. The maximum absolute atomic E-state index is 5.68. The maximum Gasteiger partial charge on any atom is 0.266 e. The minimum absolute atomic E-state index is 0.0563. The Kier molecular flexibility index (Phi) is 3.40. The molecule has 0 radical (unpaired) electrons. The van der Waals surface area contributed by atoms with E-state index in [4.69, 9.17) is 10.3 Å². The molecule has 2 rings (SSSR count). The second kappa shape index (κ2) is 4.80. The topological polar surface area (TPSA) is 71.4 Å². The average Bonchev–Trinajstić information content (AvgIpc) is 2.66. The molecule has 1 atom stereocenters. The molecule has 0 aromatic carbocycles. The normalized spacial score (nSPS) is 20.1. The Morgan fingerprint density at radius 2 is 2.06 bits per heavy atom. The zero-order valence-corrected chi connectivity index (χ0v) is 9.89. The lowest BCUT2D eigenvalue weighted by Gasteiger charge is -2.31. The van der Waals surface area contributed by atoms with E-state index in [1.807, 2.05) is 6.92 Å². The molecular formula is C10H19N5O. The molecular weight excluding hydrogens is 206 g/mol. The van der Waals surface area contributed by atoms with Gasteiger partial charge >= 0.3 is 0 Å². The van der Waals surface area contributed by atoms with Crippen LogP contribution in [0.15, 0.2) is 4.52 Å².